The summed E-state index contributed by atoms with van der Waals surface area (Å²) in [6, 6.07) is 3.43. The Morgan fingerprint density at radius 2 is 1.96 bits per heavy atom. The molecule has 0 saturated carbocycles. The third kappa shape index (κ3) is 6.93. The molecule has 2 amide bonds. The zero-order chi connectivity index (χ0) is 20.2. The first-order valence-corrected chi connectivity index (χ1v) is 8.44. The first-order valence-electron chi connectivity index (χ1n) is 8.44. The molecule has 2 atom stereocenters. The fraction of sp³-hybridized carbons (Fsp3) is 0.588. The van der Waals surface area contributed by atoms with Crippen molar-refractivity contribution in [2.75, 3.05) is 26.2 Å². The van der Waals surface area contributed by atoms with Crippen molar-refractivity contribution in [1.29, 1.82) is 0 Å². The molecule has 2 rings (SSSR count). The maximum atomic E-state index is 12.7. The Bertz CT molecular complexity index is 646. The van der Waals surface area contributed by atoms with Crippen molar-refractivity contribution in [1.82, 2.24) is 15.5 Å². The van der Waals surface area contributed by atoms with Crippen LogP contribution in [0.15, 0.2) is 24.3 Å². The number of likely N-dealkylation sites (tertiary alicyclic amines) is 1. The third-order valence-corrected chi connectivity index (χ3v) is 4.39. The molecule has 0 aliphatic carbocycles. The van der Waals surface area contributed by atoms with E-state index < -0.39 is 36.5 Å². The Balaban J connectivity index is 1.79. The summed E-state index contributed by atoms with van der Waals surface area (Å²) < 4.78 is 75.3. The third-order valence-electron chi connectivity index (χ3n) is 4.39. The Morgan fingerprint density at radius 1 is 1.26 bits per heavy atom. The Labute approximate surface area is 152 Å². The van der Waals surface area contributed by atoms with E-state index in [0.29, 0.717) is 18.5 Å². The van der Waals surface area contributed by atoms with Gasteiger partial charge in [-0.1, -0.05) is 12.1 Å². The normalized spacial score (nSPS) is 19.7. The van der Waals surface area contributed by atoms with Crippen LogP contribution in [0.3, 0.4) is 0 Å². The number of nitrogens with one attached hydrogen (secondary N) is 2. The molecule has 1 aromatic rings. The van der Waals surface area contributed by atoms with Gasteiger partial charge in [0.2, 0.25) is 0 Å². The molecule has 1 saturated heterocycles. The van der Waals surface area contributed by atoms with Crippen molar-refractivity contribution in [3.63, 3.8) is 0 Å². The number of halogens is 6. The van der Waals surface area contributed by atoms with E-state index in [2.05, 4.69) is 10.6 Å². The Morgan fingerprint density at radius 3 is 2.59 bits per heavy atom. The van der Waals surface area contributed by atoms with E-state index in [1.54, 1.807) is 6.92 Å². The van der Waals surface area contributed by atoms with Gasteiger partial charge in [0, 0.05) is 13.1 Å². The first kappa shape index (κ1) is 21.3. The van der Waals surface area contributed by atoms with E-state index in [1.807, 2.05) is 0 Å². The number of hydrogen-bond donors (Lipinski definition) is 2. The smallest absolute Gasteiger partial charge is 0.338 e. The van der Waals surface area contributed by atoms with Crippen molar-refractivity contribution in [3.8, 4) is 0 Å². The van der Waals surface area contributed by atoms with Crippen LogP contribution >= 0.6 is 0 Å². The average molecular weight is 397 g/mol. The molecule has 1 aliphatic heterocycles. The molecule has 2 N–H and O–H groups in total. The van der Waals surface area contributed by atoms with Crippen LogP contribution in [0.1, 0.15) is 30.5 Å². The second kappa shape index (κ2) is 8.37. The number of alkyl halides is 6. The van der Waals surface area contributed by atoms with Crippen LogP contribution in [0.25, 0.3) is 0 Å². The Kier molecular flexibility index (Phi) is 6.61. The van der Waals surface area contributed by atoms with Crippen molar-refractivity contribution >= 4 is 6.03 Å². The average Bonchev–Trinajstić information content (AvgIpc) is 2.97. The predicted molar refractivity (Wildman–Crippen MR) is 87.0 cm³/mol. The van der Waals surface area contributed by atoms with Crippen molar-refractivity contribution in [2.24, 2.45) is 5.92 Å². The summed E-state index contributed by atoms with van der Waals surface area (Å²) in [5.41, 5.74) is -0.498. The van der Waals surface area contributed by atoms with Crippen molar-refractivity contribution < 1.29 is 31.1 Å². The lowest BCUT2D eigenvalue weighted by molar-refractivity contribution is -0.143. The van der Waals surface area contributed by atoms with E-state index in [4.69, 9.17) is 0 Å². The minimum atomic E-state index is -4.47. The molecule has 0 spiro atoms. The minimum absolute atomic E-state index is 0.0954. The molecule has 152 valence electrons. The standard InChI is InChI=1S/C17H21F6N3O/c1-11(13-3-2-4-14(7-13)17(21,22)23)25-15(27)24-8-12-5-6-26(9-12)10-16(18,19)20/h2-4,7,11-12H,5-6,8-10H2,1H3,(H2,24,25,27)/t11-,12+/m1/s1. The van der Waals surface area contributed by atoms with Gasteiger partial charge in [-0.2, -0.15) is 26.3 Å². The molecule has 0 bridgehead atoms. The zero-order valence-corrected chi connectivity index (χ0v) is 14.6. The fourth-order valence-corrected chi connectivity index (χ4v) is 3.03. The van der Waals surface area contributed by atoms with E-state index in [9.17, 15) is 31.1 Å². The van der Waals surface area contributed by atoms with E-state index in [1.165, 1.54) is 17.0 Å². The van der Waals surface area contributed by atoms with Gasteiger partial charge in [0.25, 0.3) is 0 Å². The highest BCUT2D eigenvalue weighted by molar-refractivity contribution is 5.74. The molecule has 10 heteroatoms. The summed E-state index contributed by atoms with van der Waals surface area (Å²) in [6.45, 7) is 1.34. The summed E-state index contributed by atoms with van der Waals surface area (Å²) >= 11 is 0. The maximum Gasteiger partial charge on any atom is 0.416 e. The number of amides is 2. The minimum Gasteiger partial charge on any atom is -0.338 e. The zero-order valence-electron chi connectivity index (χ0n) is 14.6. The molecule has 0 aromatic heterocycles. The number of benzene rings is 1. The maximum absolute atomic E-state index is 12.7. The summed E-state index contributed by atoms with van der Waals surface area (Å²) in [5.74, 6) is -0.0954. The molecule has 4 nitrogen and oxygen atoms in total. The molecule has 1 heterocycles. The summed E-state index contributed by atoms with van der Waals surface area (Å²) in [4.78, 5) is 13.2. The highest BCUT2D eigenvalue weighted by atomic mass is 19.4. The second-order valence-corrected chi connectivity index (χ2v) is 6.70. The highest BCUT2D eigenvalue weighted by Gasteiger charge is 2.34. The monoisotopic (exact) mass is 397 g/mol. The molecular formula is C17H21F6N3O. The number of carbonyl (C=O) groups excluding carboxylic acids is 1. The van der Waals surface area contributed by atoms with E-state index in [0.717, 1.165) is 12.1 Å². The largest absolute Gasteiger partial charge is 0.416 e. The van der Waals surface area contributed by atoms with Crippen LogP contribution in [0.2, 0.25) is 0 Å². The predicted octanol–water partition coefficient (Wildman–Crippen LogP) is 3.95. The lowest BCUT2D eigenvalue weighted by Crippen LogP contribution is -2.40. The van der Waals surface area contributed by atoms with Crippen LogP contribution in [-0.4, -0.2) is 43.3 Å². The van der Waals surface area contributed by atoms with E-state index in [-0.39, 0.29) is 19.0 Å². The van der Waals surface area contributed by atoms with Crippen molar-refractivity contribution in [3.05, 3.63) is 35.4 Å². The van der Waals surface area contributed by atoms with Gasteiger partial charge in [0.05, 0.1) is 18.2 Å². The summed E-state index contributed by atoms with van der Waals surface area (Å²) in [6.07, 6.45) is -8.18. The van der Waals surface area contributed by atoms with Gasteiger partial charge >= 0.3 is 18.4 Å². The van der Waals surface area contributed by atoms with Crippen LogP contribution < -0.4 is 10.6 Å². The molecule has 1 aromatic carbocycles. The topological polar surface area (TPSA) is 44.4 Å². The molecule has 1 fully saturated rings. The molecular weight excluding hydrogens is 376 g/mol. The molecule has 27 heavy (non-hydrogen) atoms. The van der Waals surface area contributed by atoms with Gasteiger partial charge in [-0.05, 0) is 43.5 Å². The van der Waals surface area contributed by atoms with Gasteiger partial charge in [0.15, 0.2) is 0 Å². The van der Waals surface area contributed by atoms with Gasteiger partial charge in [-0.25, -0.2) is 4.79 Å². The van der Waals surface area contributed by atoms with Gasteiger partial charge < -0.3 is 10.6 Å². The van der Waals surface area contributed by atoms with Gasteiger partial charge in [-0.3, -0.25) is 4.90 Å². The van der Waals surface area contributed by atoms with Gasteiger partial charge in [0.1, 0.15) is 0 Å². The molecule has 0 unspecified atom stereocenters. The fourth-order valence-electron chi connectivity index (χ4n) is 3.03. The van der Waals surface area contributed by atoms with Crippen LogP contribution in [-0.2, 0) is 6.18 Å². The van der Waals surface area contributed by atoms with Crippen molar-refractivity contribution in [2.45, 2.75) is 31.7 Å². The van der Waals surface area contributed by atoms with Crippen LogP contribution in [0.5, 0.6) is 0 Å². The molecule has 0 radical (unpaired) electrons. The lowest BCUT2D eigenvalue weighted by atomic mass is 10.1. The first-order chi connectivity index (χ1) is 12.4. The highest BCUT2D eigenvalue weighted by Crippen LogP contribution is 2.30. The number of hydrogen-bond acceptors (Lipinski definition) is 2. The summed E-state index contributed by atoms with van der Waals surface area (Å²) in [7, 11) is 0. The van der Waals surface area contributed by atoms with Crippen LogP contribution in [0.4, 0.5) is 31.1 Å². The number of carbonyl (C=O) groups is 1. The number of nitrogens with zero attached hydrogens (tertiary/aromatic N) is 1. The number of urea groups is 1. The number of rotatable bonds is 5. The van der Waals surface area contributed by atoms with Crippen LogP contribution in [0, 0.1) is 5.92 Å². The van der Waals surface area contributed by atoms with Gasteiger partial charge in [-0.15, -0.1) is 0 Å². The second-order valence-electron chi connectivity index (χ2n) is 6.70. The molecule has 1 aliphatic rings. The quantitative estimate of drug-likeness (QED) is 0.739. The Hall–Kier alpha value is -1.97. The van der Waals surface area contributed by atoms with E-state index >= 15 is 0 Å². The summed E-state index contributed by atoms with van der Waals surface area (Å²) in [5, 5.41) is 5.11. The lowest BCUT2D eigenvalue weighted by Gasteiger charge is -2.19. The SMILES string of the molecule is C[C@@H](NC(=O)NC[C@@H]1CCN(CC(F)(F)F)C1)c1cccc(C(F)(F)F)c1.